The van der Waals surface area contributed by atoms with Gasteiger partial charge in [0.25, 0.3) is 5.56 Å². The minimum absolute atomic E-state index is 0.0866. The summed E-state index contributed by atoms with van der Waals surface area (Å²) in [5.41, 5.74) is 1.95. The lowest BCUT2D eigenvalue weighted by Crippen LogP contribution is -2.40. The Balaban J connectivity index is 1.88. The molecule has 0 spiro atoms. The van der Waals surface area contributed by atoms with Gasteiger partial charge in [-0.05, 0) is 42.3 Å². The number of hydrogen-bond acceptors (Lipinski definition) is 7. The van der Waals surface area contributed by atoms with Gasteiger partial charge in [-0.1, -0.05) is 53.3 Å². The Labute approximate surface area is 205 Å². The zero-order valence-electron chi connectivity index (χ0n) is 18.9. The molecular formula is C25H23ClN2O5S. The van der Waals surface area contributed by atoms with Gasteiger partial charge >= 0.3 is 5.97 Å². The SMILES string of the molecule is COCCOC(=O)C1=C(C)N=c2s/c(=C\c3ccc(OC)cc3)c(=O)n2[C@@H]1c1ccccc1Cl. The van der Waals surface area contributed by atoms with Crippen LogP contribution in [0.5, 0.6) is 5.75 Å². The average Bonchev–Trinajstić information content (AvgIpc) is 3.13. The molecule has 2 heterocycles. The van der Waals surface area contributed by atoms with Gasteiger partial charge in [0.2, 0.25) is 0 Å². The third-order valence-corrected chi connectivity index (χ3v) is 6.70. The number of methoxy groups -OCH3 is 2. The van der Waals surface area contributed by atoms with E-state index in [0.29, 0.717) is 25.6 Å². The summed E-state index contributed by atoms with van der Waals surface area (Å²) in [6.45, 7) is 2.08. The highest BCUT2D eigenvalue weighted by molar-refractivity contribution is 7.07. The van der Waals surface area contributed by atoms with Gasteiger partial charge < -0.3 is 14.2 Å². The van der Waals surface area contributed by atoms with Crippen molar-refractivity contribution in [3.05, 3.63) is 95.6 Å². The number of fused-ring (bicyclic) bond motifs is 1. The molecular weight excluding hydrogens is 476 g/mol. The van der Waals surface area contributed by atoms with Crippen molar-refractivity contribution in [2.75, 3.05) is 27.4 Å². The number of allylic oxidation sites excluding steroid dienone is 1. The van der Waals surface area contributed by atoms with Crippen molar-refractivity contribution in [2.45, 2.75) is 13.0 Å². The molecule has 1 aromatic heterocycles. The highest BCUT2D eigenvalue weighted by atomic mass is 35.5. The summed E-state index contributed by atoms with van der Waals surface area (Å²) in [5, 5.41) is 0.439. The van der Waals surface area contributed by atoms with E-state index >= 15 is 0 Å². The Kier molecular flexibility index (Phi) is 7.31. The molecule has 4 rings (SSSR count). The van der Waals surface area contributed by atoms with Crippen LogP contribution in [0.4, 0.5) is 0 Å². The zero-order chi connectivity index (χ0) is 24.2. The van der Waals surface area contributed by atoms with Gasteiger partial charge in [0, 0.05) is 12.1 Å². The quantitative estimate of drug-likeness (QED) is 0.369. The Morgan fingerprint density at radius 2 is 1.88 bits per heavy atom. The predicted octanol–water partition coefficient (Wildman–Crippen LogP) is 3.09. The normalized spacial score (nSPS) is 15.6. The number of aromatic nitrogens is 1. The van der Waals surface area contributed by atoms with E-state index < -0.39 is 12.0 Å². The van der Waals surface area contributed by atoms with Crippen molar-refractivity contribution in [1.29, 1.82) is 0 Å². The van der Waals surface area contributed by atoms with Gasteiger partial charge in [-0.25, -0.2) is 9.79 Å². The molecule has 34 heavy (non-hydrogen) atoms. The molecule has 1 atom stereocenters. The second-order valence-corrected chi connectivity index (χ2v) is 8.92. The number of ether oxygens (including phenoxy) is 3. The summed E-state index contributed by atoms with van der Waals surface area (Å²) in [7, 11) is 3.13. The van der Waals surface area contributed by atoms with Gasteiger partial charge in [0.15, 0.2) is 4.80 Å². The minimum atomic E-state index is -0.766. The average molecular weight is 499 g/mol. The largest absolute Gasteiger partial charge is 0.497 e. The first kappa shape index (κ1) is 23.9. The second kappa shape index (κ2) is 10.4. The summed E-state index contributed by atoms with van der Waals surface area (Å²) < 4.78 is 17.6. The monoisotopic (exact) mass is 498 g/mol. The van der Waals surface area contributed by atoms with E-state index in [1.807, 2.05) is 30.3 Å². The van der Waals surface area contributed by atoms with Crippen molar-refractivity contribution < 1.29 is 19.0 Å². The van der Waals surface area contributed by atoms with Crippen LogP contribution in [0.3, 0.4) is 0 Å². The topological polar surface area (TPSA) is 79.1 Å². The van der Waals surface area contributed by atoms with E-state index in [4.69, 9.17) is 25.8 Å². The van der Waals surface area contributed by atoms with Crippen LogP contribution >= 0.6 is 22.9 Å². The number of thiazole rings is 1. The van der Waals surface area contributed by atoms with Crippen molar-refractivity contribution in [3.8, 4) is 5.75 Å². The molecule has 2 aromatic carbocycles. The first-order valence-corrected chi connectivity index (χ1v) is 11.7. The third kappa shape index (κ3) is 4.70. The third-order valence-electron chi connectivity index (χ3n) is 5.38. The number of carbonyl (C=O) groups is 1. The summed E-state index contributed by atoms with van der Waals surface area (Å²) in [6.07, 6.45) is 1.79. The summed E-state index contributed by atoms with van der Waals surface area (Å²) in [5.74, 6) is 0.164. The molecule has 1 aliphatic heterocycles. The van der Waals surface area contributed by atoms with Gasteiger partial charge in [-0.15, -0.1) is 0 Å². The molecule has 0 amide bonds. The fraction of sp³-hybridized carbons (Fsp3) is 0.240. The fourth-order valence-corrected chi connectivity index (χ4v) is 5.01. The smallest absolute Gasteiger partial charge is 0.338 e. The first-order valence-electron chi connectivity index (χ1n) is 10.5. The number of carbonyl (C=O) groups excluding carboxylic acids is 1. The molecule has 0 saturated heterocycles. The highest BCUT2D eigenvalue weighted by Gasteiger charge is 2.34. The van der Waals surface area contributed by atoms with Gasteiger partial charge in [0.1, 0.15) is 18.4 Å². The Hall–Kier alpha value is -3.20. The fourth-order valence-electron chi connectivity index (χ4n) is 3.72. The molecule has 9 heteroatoms. The highest BCUT2D eigenvalue weighted by Crippen LogP contribution is 2.34. The van der Waals surface area contributed by atoms with Crippen LogP contribution in [0.1, 0.15) is 24.1 Å². The number of benzene rings is 2. The number of hydrogen-bond donors (Lipinski definition) is 0. The number of rotatable bonds is 7. The molecule has 0 N–H and O–H groups in total. The lowest BCUT2D eigenvalue weighted by Gasteiger charge is -2.25. The zero-order valence-corrected chi connectivity index (χ0v) is 20.5. The van der Waals surface area contributed by atoms with Crippen LogP contribution in [0.2, 0.25) is 5.02 Å². The van der Waals surface area contributed by atoms with Crippen molar-refractivity contribution in [2.24, 2.45) is 4.99 Å². The number of esters is 1. The standard InChI is InChI=1S/C25H23ClN2O5S/c1-15-21(24(30)33-13-12-31-2)22(18-6-4-5-7-19(18)26)28-23(29)20(34-25(28)27-15)14-16-8-10-17(32-3)11-9-16/h4-11,14,22H,12-13H2,1-3H3/b20-14-/t22-/m1/s1. The van der Waals surface area contributed by atoms with Crippen molar-refractivity contribution in [1.82, 2.24) is 4.57 Å². The summed E-state index contributed by atoms with van der Waals surface area (Å²) in [4.78, 5) is 31.7. The van der Waals surface area contributed by atoms with E-state index in [2.05, 4.69) is 4.99 Å². The summed E-state index contributed by atoms with van der Waals surface area (Å²) in [6, 6.07) is 13.8. The molecule has 0 saturated carbocycles. The molecule has 7 nitrogen and oxygen atoms in total. The molecule has 0 unspecified atom stereocenters. The van der Waals surface area contributed by atoms with Gasteiger partial charge in [-0.2, -0.15) is 0 Å². The molecule has 3 aromatic rings. The van der Waals surface area contributed by atoms with Crippen LogP contribution < -0.4 is 19.6 Å². The van der Waals surface area contributed by atoms with Crippen molar-refractivity contribution in [3.63, 3.8) is 0 Å². The maximum atomic E-state index is 13.6. The molecule has 0 radical (unpaired) electrons. The maximum absolute atomic E-state index is 13.6. The minimum Gasteiger partial charge on any atom is -0.497 e. The van der Waals surface area contributed by atoms with Gasteiger partial charge in [0.05, 0.1) is 29.5 Å². The molecule has 0 aliphatic carbocycles. The van der Waals surface area contributed by atoms with Crippen LogP contribution in [-0.2, 0) is 14.3 Å². The van der Waals surface area contributed by atoms with E-state index in [-0.39, 0.29) is 24.3 Å². The Morgan fingerprint density at radius 3 is 2.56 bits per heavy atom. The first-order chi connectivity index (χ1) is 16.4. The predicted molar refractivity (Wildman–Crippen MR) is 131 cm³/mol. The Bertz CT molecular complexity index is 1420. The lowest BCUT2D eigenvalue weighted by atomic mass is 9.96. The Morgan fingerprint density at radius 1 is 1.15 bits per heavy atom. The van der Waals surface area contributed by atoms with Crippen LogP contribution in [0.25, 0.3) is 6.08 Å². The summed E-state index contributed by atoms with van der Waals surface area (Å²) >= 11 is 7.79. The van der Waals surface area contributed by atoms with E-state index in [1.165, 1.54) is 23.0 Å². The molecule has 0 fully saturated rings. The van der Waals surface area contributed by atoms with Crippen LogP contribution in [-0.4, -0.2) is 38.0 Å². The molecule has 176 valence electrons. The van der Waals surface area contributed by atoms with Crippen LogP contribution in [0, 0.1) is 0 Å². The number of nitrogens with zero attached hydrogens (tertiary/aromatic N) is 2. The lowest BCUT2D eigenvalue weighted by molar-refractivity contribution is -0.140. The maximum Gasteiger partial charge on any atom is 0.338 e. The van der Waals surface area contributed by atoms with E-state index in [9.17, 15) is 9.59 Å². The van der Waals surface area contributed by atoms with E-state index in [0.717, 1.165) is 11.3 Å². The second-order valence-electron chi connectivity index (χ2n) is 7.51. The number of halogens is 1. The van der Waals surface area contributed by atoms with E-state index in [1.54, 1.807) is 38.3 Å². The molecule has 1 aliphatic rings. The van der Waals surface area contributed by atoms with Gasteiger partial charge in [-0.3, -0.25) is 9.36 Å². The molecule has 0 bridgehead atoms. The van der Waals surface area contributed by atoms with Crippen molar-refractivity contribution >= 4 is 35.0 Å². The van der Waals surface area contributed by atoms with Crippen LogP contribution in [0.15, 0.2) is 69.6 Å².